The lowest BCUT2D eigenvalue weighted by molar-refractivity contribution is -0.140. The smallest absolute Gasteiger partial charge is 0.242 e. The Balaban J connectivity index is 1.60. The van der Waals surface area contributed by atoms with Crippen molar-refractivity contribution in [1.29, 1.82) is 0 Å². The van der Waals surface area contributed by atoms with E-state index in [9.17, 15) is 9.59 Å². The van der Waals surface area contributed by atoms with Crippen molar-refractivity contribution < 1.29 is 9.59 Å². The number of hydrogen-bond acceptors (Lipinski definition) is 3. The maximum absolute atomic E-state index is 13.2. The fourth-order valence-electron chi connectivity index (χ4n) is 4.23. The Bertz CT molecular complexity index is 865. The summed E-state index contributed by atoms with van der Waals surface area (Å²) < 4.78 is 0. The lowest BCUT2D eigenvalue weighted by Gasteiger charge is -2.31. The molecule has 1 aliphatic rings. The fourth-order valence-corrected chi connectivity index (χ4v) is 5.12. The number of aryl methyl sites for hydroxylation is 1. The minimum Gasteiger partial charge on any atom is -0.352 e. The van der Waals surface area contributed by atoms with Crippen LogP contribution in [-0.4, -0.2) is 34.6 Å². The summed E-state index contributed by atoms with van der Waals surface area (Å²) in [5.74, 6) is 1.65. The number of nitrogens with zero attached hydrogens (tertiary/aromatic N) is 1. The molecule has 1 N–H and O–H groups in total. The predicted molar refractivity (Wildman–Crippen MR) is 133 cm³/mol. The second-order valence-corrected chi connectivity index (χ2v) is 9.92. The van der Waals surface area contributed by atoms with Gasteiger partial charge in [0.05, 0.1) is 0 Å². The Morgan fingerprint density at radius 1 is 1.03 bits per heavy atom. The Kier molecular flexibility index (Phi) is 9.66. The van der Waals surface area contributed by atoms with Gasteiger partial charge in [-0.05, 0) is 37.8 Å². The van der Waals surface area contributed by atoms with Gasteiger partial charge in [0.25, 0.3) is 0 Å². The minimum absolute atomic E-state index is 0.0326. The molecule has 1 unspecified atom stereocenters. The third kappa shape index (κ3) is 7.70. The van der Waals surface area contributed by atoms with Gasteiger partial charge >= 0.3 is 0 Å². The van der Waals surface area contributed by atoms with E-state index in [2.05, 4.69) is 36.5 Å². The van der Waals surface area contributed by atoms with Crippen LogP contribution in [0.15, 0.2) is 54.6 Å². The number of nitrogens with one attached hydrogen (secondary N) is 1. The average Bonchev–Trinajstić information content (AvgIpc) is 2.81. The van der Waals surface area contributed by atoms with Gasteiger partial charge in [-0.25, -0.2) is 0 Å². The van der Waals surface area contributed by atoms with Gasteiger partial charge in [-0.3, -0.25) is 9.59 Å². The second kappa shape index (κ2) is 12.7. The molecule has 0 aliphatic heterocycles. The molecule has 0 bridgehead atoms. The van der Waals surface area contributed by atoms with E-state index in [-0.39, 0.29) is 17.9 Å². The highest BCUT2D eigenvalue weighted by molar-refractivity contribution is 7.98. The lowest BCUT2D eigenvalue weighted by atomic mass is 9.95. The van der Waals surface area contributed by atoms with Crippen LogP contribution < -0.4 is 5.32 Å². The molecule has 2 aromatic carbocycles. The van der Waals surface area contributed by atoms with E-state index in [1.807, 2.05) is 37.3 Å². The fraction of sp³-hybridized carbons (Fsp3) is 0.481. The third-order valence-electron chi connectivity index (χ3n) is 6.13. The standard InChI is InChI=1S/C27H36N2O2S/c1-21-10-9-13-24(18-21)19-29(22(2)27(31)28-25-14-7-4-8-15-25)26(30)16-17-32-20-23-11-5-3-6-12-23/h3,5-6,9-13,18,22,25H,4,7-8,14-17,19-20H2,1-2H3,(H,28,31). The van der Waals surface area contributed by atoms with Gasteiger partial charge in [-0.2, -0.15) is 11.8 Å². The van der Waals surface area contributed by atoms with Crippen molar-refractivity contribution in [3.8, 4) is 0 Å². The van der Waals surface area contributed by atoms with Gasteiger partial charge in [0.15, 0.2) is 0 Å². The number of carbonyl (C=O) groups is 2. The topological polar surface area (TPSA) is 49.4 Å². The highest BCUT2D eigenvalue weighted by Crippen LogP contribution is 2.19. The molecule has 5 heteroatoms. The quantitative estimate of drug-likeness (QED) is 0.485. The highest BCUT2D eigenvalue weighted by Gasteiger charge is 2.27. The van der Waals surface area contributed by atoms with Crippen LogP contribution in [0.1, 0.15) is 62.1 Å². The zero-order chi connectivity index (χ0) is 22.8. The van der Waals surface area contributed by atoms with Crippen molar-refractivity contribution in [2.24, 2.45) is 0 Å². The molecule has 3 rings (SSSR count). The first-order chi connectivity index (χ1) is 15.5. The minimum atomic E-state index is -0.482. The molecule has 0 radical (unpaired) electrons. The Labute approximate surface area is 197 Å². The summed E-state index contributed by atoms with van der Waals surface area (Å²) in [5.41, 5.74) is 3.49. The molecule has 4 nitrogen and oxygen atoms in total. The van der Waals surface area contributed by atoms with Crippen molar-refractivity contribution in [2.75, 3.05) is 5.75 Å². The second-order valence-electron chi connectivity index (χ2n) is 8.82. The molecule has 0 aromatic heterocycles. The molecular formula is C27H36N2O2S. The summed E-state index contributed by atoms with van der Waals surface area (Å²) >= 11 is 1.76. The maximum Gasteiger partial charge on any atom is 0.242 e. The van der Waals surface area contributed by atoms with Crippen LogP contribution in [0.5, 0.6) is 0 Å². The highest BCUT2D eigenvalue weighted by atomic mass is 32.2. The van der Waals surface area contributed by atoms with Crippen LogP contribution in [-0.2, 0) is 21.9 Å². The predicted octanol–water partition coefficient (Wildman–Crippen LogP) is 5.48. The molecule has 1 aliphatic carbocycles. The first kappa shape index (κ1) is 24.4. The van der Waals surface area contributed by atoms with Crippen molar-refractivity contribution in [3.05, 3.63) is 71.3 Å². The van der Waals surface area contributed by atoms with Crippen molar-refractivity contribution in [1.82, 2.24) is 10.2 Å². The summed E-state index contributed by atoms with van der Waals surface area (Å²) in [4.78, 5) is 28.0. The number of rotatable bonds is 10. The van der Waals surface area contributed by atoms with E-state index >= 15 is 0 Å². The first-order valence-corrected chi connectivity index (χ1v) is 13.0. The molecule has 2 amide bonds. The van der Waals surface area contributed by atoms with E-state index in [4.69, 9.17) is 0 Å². The van der Waals surface area contributed by atoms with Gasteiger partial charge < -0.3 is 10.2 Å². The third-order valence-corrected chi connectivity index (χ3v) is 7.16. The summed E-state index contributed by atoms with van der Waals surface area (Å²) in [5, 5.41) is 3.20. The zero-order valence-electron chi connectivity index (χ0n) is 19.4. The molecular weight excluding hydrogens is 416 g/mol. The Morgan fingerprint density at radius 3 is 2.47 bits per heavy atom. The van der Waals surface area contributed by atoms with E-state index in [1.165, 1.54) is 24.8 Å². The maximum atomic E-state index is 13.2. The van der Waals surface area contributed by atoms with Crippen molar-refractivity contribution >= 4 is 23.6 Å². The van der Waals surface area contributed by atoms with Crippen LogP contribution in [0.2, 0.25) is 0 Å². The van der Waals surface area contributed by atoms with E-state index in [1.54, 1.807) is 16.7 Å². The monoisotopic (exact) mass is 452 g/mol. The van der Waals surface area contributed by atoms with Crippen LogP contribution in [0.4, 0.5) is 0 Å². The van der Waals surface area contributed by atoms with Crippen molar-refractivity contribution in [3.63, 3.8) is 0 Å². The summed E-state index contributed by atoms with van der Waals surface area (Å²) in [6, 6.07) is 18.3. The Morgan fingerprint density at radius 2 is 1.75 bits per heavy atom. The normalized spacial score (nSPS) is 15.2. The lowest BCUT2D eigenvalue weighted by Crippen LogP contribution is -2.50. The molecule has 1 saturated carbocycles. The molecule has 0 saturated heterocycles. The molecule has 32 heavy (non-hydrogen) atoms. The van der Waals surface area contributed by atoms with E-state index in [0.29, 0.717) is 13.0 Å². The summed E-state index contributed by atoms with van der Waals surface area (Å²) in [6.45, 7) is 4.38. The van der Waals surface area contributed by atoms with Crippen LogP contribution in [0.25, 0.3) is 0 Å². The number of amides is 2. The van der Waals surface area contributed by atoms with Crippen LogP contribution in [0, 0.1) is 6.92 Å². The SMILES string of the molecule is Cc1cccc(CN(C(=O)CCSCc2ccccc2)C(C)C(=O)NC2CCCCC2)c1. The summed E-state index contributed by atoms with van der Waals surface area (Å²) in [7, 11) is 0. The molecule has 172 valence electrons. The van der Waals surface area contributed by atoms with Gasteiger partial charge in [-0.15, -0.1) is 0 Å². The molecule has 0 heterocycles. The number of thioether (sulfide) groups is 1. The zero-order valence-corrected chi connectivity index (χ0v) is 20.2. The molecule has 1 fully saturated rings. The average molecular weight is 453 g/mol. The van der Waals surface area contributed by atoms with Gasteiger partial charge in [0.2, 0.25) is 11.8 Å². The number of hydrogen-bond donors (Lipinski definition) is 1. The van der Waals surface area contributed by atoms with Gasteiger partial charge in [0.1, 0.15) is 6.04 Å². The Hall–Kier alpha value is -2.27. The number of benzene rings is 2. The van der Waals surface area contributed by atoms with Crippen LogP contribution in [0.3, 0.4) is 0 Å². The van der Waals surface area contributed by atoms with Gasteiger partial charge in [0, 0.05) is 30.5 Å². The number of carbonyl (C=O) groups excluding carboxylic acids is 2. The molecule has 0 spiro atoms. The van der Waals surface area contributed by atoms with Crippen molar-refractivity contribution in [2.45, 2.75) is 76.8 Å². The van der Waals surface area contributed by atoms with E-state index in [0.717, 1.165) is 35.5 Å². The first-order valence-electron chi connectivity index (χ1n) is 11.8. The van der Waals surface area contributed by atoms with Gasteiger partial charge in [-0.1, -0.05) is 79.4 Å². The summed E-state index contributed by atoms with van der Waals surface area (Å²) in [6.07, 6.45) is 6.11. The van der Waals surface area contributed by atoms with Crippen LogP contribution >= 0.6 is 11.8 Å². The largest absolute Gasteiger partial charge is 0.352 e. The molecule has 1 atom stereocenters. The molecule has 2 aromatic rings. The van der Waals surface area contributed by atoms with E-state index < -0.39 is 6.04 Å².